The minimum absolute atomic E-state index is 0.136. The molecule has 0 radical (unpaired) electrons. The molecule has 2 aromatic heterocycles. The molecule has 0 saturated heterocycles. The van der Waals surface area contributed by atoms with Crippen LogP contribution in [0.5, 0.6) is 6.01 Å². The number of methoxy groups -OCH3 is 1. The van der Waals surface area contributed by atoms with E-state index in [4.69, 9.17) is 15.1 Å². The zero-order valence-corrected chi connectivity index (χ0v) is 18.3. The number of carbonyl (C=O) groups is 1. The van der Waals surface area contributed by atoms with Gasteiger partial charge in [-0.2, -0.15) is 0 Å². The number of carboxylic acids is 1. The topological polar surface area (TPSA) is 133 Å². The molecular weight excluding hydrogens is 408 g/mol. The van der Waals surface area contributed by atoms with E-state index in [1.54, 1.807) is 18.5 Å². The first kappa shape index (κ1) is 23.2. The van der Waals surface area contributed by atoms with Crippen LogP contribution in [0.1, 0.15) is 55.0 Å². The van der Waals surface area contributed by atoms with Crippen molar-refractivity contribution >= 4 is 18.0 Å². The Hall–Kier alpha value is -3.49. The molecule has 1 aliphatic rings. The van der Waals surface area contributed by atoms with Crippen molar-refractivity contribution in [1.82, 2.24) is 20.3 Å². The van der Waals surface area contributed by atoms with Crippen molar-refractivity contribution in [2.24, 2.45) is 0 Å². The molecule has 2 aromatic rings. The van der Waals surface area contributed by atoms with E-state index < -0.39 is 12.0 Å². The molecule has 9 heteroatoms. The van der Waals surface area contributed by atoms with Gasteiger partial charge >= 0.3 is 12.0 Å². The number of rotatable bonds is 11. The maximum atomic E-state index is 11.4. The molecule has 1 unspecified atom stereocenters. The third kappa shape index (κ3) is 6.76. The second kappa shape index (κ2) is 11.8. The minimum atomic E-state index is -0.936. The maximum Gasteiger partial charge on any atom is 0.316 e. The summed E-state index contributed by atoms with van der Waals surface area (Å²) >= 11 is 0. The standard InChI is InChI=1S/C23H30N6O3/c1-32-23-26-14-17(15-27-23)20(13-21(30)31)28-19(10-11-24)7-4-6-18-9-8-16-5-2-3-12-25-22(16)29-18/h8-11,14-15,20,24,28H,2-7,12-13H2,1H3,(H,25,29)(H,30,31)/b19-10-,24-11?. The number of aryl methyl sites for hydroxylation is 2. The summed E-state index contributed by atoms with van der Waals surface area (Å²) in [5, 5.41) is 23.5. The third-order valence-corrected chi connectivity index (χ3v) is 5.34. The smallest absolute Gasteiger partial charge is 0.316 e. The van der Waals surface area contributed by atoms with Gasteiger partial charge in [0.15, 0.2) is 0 Å². The molecule has 0 fully saturated rings. The molecule has 0 saturated carbocycles. The summed E-state index contributed by atoms with van der Waals surface area (Å²) in [6, 6.07) is 3.95. The SMILES string of the molecule is COc1ncc(C(CC(=O)O)N/C(=C\C=N)CCCc2ccc3c(n2)NCCCC3)cn1. The van der Waals surface area contributed by atoms with Gasteiger partial charge in [0.25, 0.3) is 0 Å². The Morgan fingerprint density at radius 2 is 2.16 bits per heavy atom. The number of anilines is 1. The molecule has 3 heterocycles. The molecule has 0 aliphatic carbocycles. The molecule has 1 aliphatic heterocycles. The van der Waals surface area contributed by atoms with E-state index in [-0.39, 0.29) is 12.4 Å². The van der Waals surface area contributed by atoms with Crippen LogP contribution in [0.3, 0.4) is 0 Å². The molecule has 9 nitrogen and oxygen atoms in total. The largest absolute Gasteiger partial charge is 0.481 e. The summed E-state index contributed by atoms with van der Waals surface area (Å²) in [5.41, 5.74) is 3.73. The fraction of sp³-hybridized carbons (Fsp3) is 0.435. The van der Waals surface area contributed by atoms with Gasteiger partial charge in [0.1, 0.15) is 5.82 Å². The molecule has 0 bridgehead atoms. The number of pyridine rings is 1. The van der Waals surface area contributed by atoms with Gasteiger partial charge in [-0.1, -0.05) is 6.07 Å². The molecule has 32 heavy (non-hydrogen) atoms. The Bertz CT molecular complexity index is 945. The molecule has 0 aromatic carbocycles. The summed E-state index contributed by atoms with van der Waals surface area (Å²) in [4.78, 5) is 24.3. The van der Waals surface area contributed by atoms with Crippen LogP contribution in [0.15, 0.2) is 36.3 Å². The van der Waals surface area contributed by atoms with Crippen molar-refractivity contribution in [3.63, 3.8) is 0 Å². The Balaban J connectivity index is 1.63. The van der Waals surface area contributed by atoms with Crippen molar-refractivity contribution in [2.75, 3.05) is 19.0 Å². The van der Waals surface area contributed by atoms with Gasteiger partial charge in [0, 0.05) is 42.1 Å². The summed E-state index contributed by atoms with van der Waals surface area (Å²) in [6.45, 7) is 0.958. The van der Waals surface area contributed by atoms with Crippen LogP contribution in [-0.2, 0) is 17.6 Å². The molecular formula is C23H30N6O3. The lowest BCUT2D eigenvalue weighted by molar-refractivity contribution is -0.137. The molecule has 0 amide bonds. The zero-order chi connectivity index (χ0) is 22.8. The number of hydrogen-bond acceptors (Lipinski definition) is 8. The summed E-state index contributed by atoms with van der Waals surface area (Å²) in [7, 11) is 1.47. The van der Waals surface area contributed by atoms with E-state index in [1.165, 1.54) is 25.3 Å². The number of allylic oxidation sites excluding steroid dienone is 2. The van der Waals surface area contributed by atoms with Crippen LogP contribution < -0.4 is 15.4 Å². The minimum Gasteiger partial charge on any atom is -0.481 e. The predicted octanol–water partition coefficient (Wildman–Crippen LogP) is 3.29. The first-order valence-electron chi connectivity index (χ1n) is 10.9. The lowest BCUT2D eigenvalue weighted by Gasteiger charge is -2.20. The maximum absolute atomic E-state index is 11.4. The van der Waals surface area contributed by atoms with E-state index in [0.29, 0.717) is 12.0 Å². The van der Waals surface area contributed by atoms with Gasteiger partial charge in [0.05, 0.1) is 19.6 Å². The highest BCUT2D eigenvalue weighted by molar-refractivity contribution is 5.69. The third-order valence-electron chi connectivity index (χ3n) is 5.34. The average Bonchev–Trinajstić information content (AvgIpc) is 3.03. The Morgan fingerprint density at radius 3 is 2.88 bits per heavy atom. The first-order valence-corrected chi connectivity index (χ1v) is 10.9. The van der Waals surface area contributed by atoms with Gasteiger partial charge in [-0.05, 0) is 56.2 Å². The number of carboxylic acid groups (broad SMARTS) is 1. The van der Waals surface area contributed by atoms with Gasteiger partial charge in [0.2, 0.25) is 0 Å². The zero-order valence-electron chi connectivity index (χ0n) is 18.3. The number of fused-ring (bicyclic) bond motifs is 1. The predicted molar refractivity (Wildman–Crippen MR) is 122 cm³/mol. The average molecular weight is 439 g/mol. The molecule has 3 rings (SSSR count). The highest BCUT2D eigenvalue weighted by Crippen LogP contribution is 2.22. The van der Waals surface area contributed by atoms with Crippen molar-refractivity contribution in [1.29, 1.82) is 5.41 Å². The Kier molecular flexibility index (Phi) is 8.53. The van der Waals surface area contributed by atoms with Crippen LogP contribution in [0.2, 0.25) is 0 Å². The Morgan fingerprint density at radius 1 is 1.34 bits per heavy atom. The normalized spacial score (nSPS) is 14.5. The summed E-state index contributed by atoms with van der Waals surface area (Å²) in [6.07, 6.45) is 11.5. The van der Waals surface area contributed by atoms with Gasteiger partial charge < -0.3 is 25.9 Å². The number of hydrogen-bond donors (Lipinski definition) is 4. The van der Waals surface area contributed by atoms with Crippen molar-refractivity contribution in [2.45, 2.75) is 51.0 Å². The van der Waals surface area contributed by atoms with Crippen molar-refractivity contribution in [3.8, 4) is 6.01 Å². The number of nitrogens with zero attached hydrogens (tertiary/aromatic N) is 3. The van der Waals surface area contributed by atoms with Crippen molar-refractivity contribution < 1.29 is 14.6 Å². The number of aromatic nitrogens is 3. The number of nitrogens with one attached hydrogen (secondary N) is 3. The summed E-state index contributed by atoms with van der Waals surface area (Å²) in [5.74, 6) is 0.0589. The lowest BCUT2D eigenvalue weighted by atomic mass is 10.0. The Labute approximate surface area is 187 Å². The lowest BCUT2D eigenvalue weighted by Crippen LogP contribution is -2.24. The van der Waals surface area contributed by atoms with E-state index >= 15 is 0 Å². The van der Waals surface area contributed by atoms with E-state index in [0.717, 1.165) is 49.4 Å². The van der Waals surface area contributed by atoms with Gasteiger partial charge in [-0.15, -0.1) is 0 Å². The first-order chi connectivity index (χ1) is 15.6. The second-order valence-electron chi connectivity index (χ2n) is 7.70. The molecule has 4 N–H and O–H groups in total. The monoisotopic (exact) mass is 438 g/mol. The van der Waals surface area contributed by atoms with Crippen LogP contribution in [0.25, 0.3) is 0 Å². The van der Waals surface area contributed by atoms with Gasteiger partial charge in [-0.3, -0.25) is 4.79 Å². The summed E-state index contributed by atoms with van der Waals surface area (Å²) < 4.78 is 4.98. The fourth-order valence-electron chi connectivity index (χ4n) is 3.70. The van der Waals surface area contributed by atoms with E-state index in [1.807, 2.05) is 0 Å². The van der Waals surface area contributed by atoms with Crippen molar-refractivity contribution in [3.05, 3.63) is 53.1 Å². The quantitative estimate of drug-likeness (QED) is 0.393. The molecule has 0 spiro atoms. The highest BCUT2D eigenvalue weighted by atomic mass is 16.5. The molecule has 170 valence electrons. The van der Waals surface area contributed by atoms with E-state index in [9.17, 15) is 9.90 Å². The second-order valence-corrected chi connectivity index (χ2v) is 7.70. The van der Waals surface area contributed by atoms with Crippen LogP contribution in [-0.4, -0.2) is 45.9 Å². The van der Waals surface area contributed by atoms with E-state index in [2.05, 4.69) is 32.7 Å². The number of ether oxygens (including phenoxy) is 1. The van der Waals surface area contributed by atoms with Crippen LogP contribution in [0, 0.1) is 5.41 Å². The van der Waals surface area contributed by atoms with Crippen LogP contribution in [0.4, 0.5) is 5.82 Å². The number of aliphatic carboxylic acids is 1. The fourth-order valence-corrected chi connectivity index (χ4v) is 3.70. The highest BCUT2D eigenvalue weighted by Gasteiger charge is 2.18. The van der Waals surface area contributed by atoms with Gasteiger partial charge in [-0.25, -0.2) is 15.0 Å². The molecule has 1 atom stereocenters. The van der Waals surface area contributed by atoms with Crippen LogP contribution >= 0.6 is 0 Å².